The van der Waals surface area contributed by atoms with Crippen LogP contribution in [-0.2, 0) is 25.8 Å². The number of aryl methyl sites for hydroxylation is 2. The highest BCUT2D eigenvalue weighted by Gasteiger charge is 2.22. The minimum atomic E-state index is 0.0354. The lowest BCUT2D eigenvalue weighted by Gasteiger charge is -2.29. The van der Waals surface area contributed by atoms with Crippen LogP contribution in [0.3, 0.4) is 0 Å². The van der Waals surface area contributed by atoms with Crippen molar-refractivity contribution in [1.29, 1.82) is 0 Å². The zero-order chi connectivity index (χ0) is 16.1. The Kier molecular flexibility index (Phi) is 3.23. The maximum absolute atomic E-state index is 12.7. The standard InChI is InChI=1S/C19H19N3OS/c23-17-16-14-7-3-4-8-15(14)24-18(16)21-19(20-17)22-10-9-12-5-1-2-6-13(12)11-22/h1-2,5-6H,3-4,7-11H2,(H,20,21,23). The van der Waals surface area contributed by atoms with Crippen LogP contribution in [0.25, 0.3) is 10.2 Å². The molecule has 2 aliphatic rings. The average molecular weight is 337 g/mol. The second-order valence-corrected chi connectivity index (χ2v) is 7.80. The van der Waals surface area contributed by atoms with Gasteiger partial charge in [-0.25, -0.2) is 4.98 Å². The van der Waals surface area contributed by atoms with Crippen molar-refractivity contribution in [3.63, 3.8) is 0 Å². The molecule has 0 saturated heterocycles. The third kappa shape index (κ3) is 2.18. The van der Waals surface area contributed by atoms with Crippen molar-refractivity contribution in [1.82, 2.24) is 9.97 Å². The molecule has 3 heterocycles. The summed E-state index contributed by atoms with van der Waals surface area (Å²) in [4.78, 5) is 25.1. The van der Waals surface area contributed by atoms with Gasteiger partial charge in [0.25, 0.3) is 5.56 Å². The third-order valence-electron chi connectivity index (χ3n) is 5.24. The van der Waals surface area contributed by atoms with E-state index in [2.05, 4.69) is 34.1 Å². The largest absolute Gasteiger partial charge is 0.338 e. The Balaban J connectivity index is 1.58. The summed E-state index contributed by atoms with van der Waals surface area (Å²) >= 11 is 1.72. The van der Waals surface area contributed by atoms with E-state index in [1.807, 2.05) is 0 Å². The van der Waals surface area contributed by atoms with Gasteiger partial charge in [0.2, 0.25) is 5.95 Å². The Hall–Kier alpha value is -2.14. The fourth-order valence-corrected chi connectivity index (χ4v) is 5.24. The molecule has 0 bridgehead atoms. The SMILES string of the molecule is O=c1[nH]c(N2CCc3ccccc3C2)nc2sc3c(c12)CCCC3. The first kappa shape index (κ1) is 14.2. The summed E-state index contributed by atoms with van der Waals surface area (Å²) in [6.07, 6.45) is 5.54. The monoisotopic (exact) mass is 337 g/mol. The average Bonchev–Trinajstić information content (AvgIpc) is 3.00. The summed E-state index contributed by atoms with van der Waals surface area (Å²) in [6.45, 7) is 1.71. The molecule has 0 spiro atoms. The highest BCUT2D eigenvalue weighted by Crippen LogP contribution is 2.34. The van der Waals surface area contributed by atoms with Gasteiger partial charge in [-0.2, -0.15) is 0 Å². The predicted molar refractivity (Wildman–Crippen MR) is 98.1 cm³/mol. The van der Waals surface area contributed by atoms with Gasteiger partial charge in [0.15, 0.2) is 0 Å². The van der Waals surface area contributed by atoms with E-state index in [0.29, 0.717) is 0 Å². The number of nitrogens with one attached hydrogen (secondary N) is 1. The van der Waals surface area contributed by atoms with Crippen molar-refractivity contribution >= 4 is 27.5 Å². The summed E-state index contributed by atoms with van der Waals surface area (Å²) in [5.41, 5.74) is 4.03. The van der Waals surface area contributed by atoms with E-state index >= 15 is 0 Å². The molecule has 1 aromatic carbocycles. The van der Waals surface area contributed by atoms with Gasteiger partial charge in [0.1, 0.15) is 4.83 Å². The van der Waals surface area contributed by atoms with Gasteiger partial charge in [-0.1, -0.05) is 24.3 Å². The van der Waals surface area contributed by atoms with Crippen LogP contribution in [0.15, 0.2) is 29.1 Å². The lowest BCUT2D eigenvalue weighted by molar-refractivity contribution is 0.699. The Morgan fingerprint density at radius 3 is 2.83 bits per heavy atom. The van der Waals surface area contributed by atoms with Gasteiger partial charge in [-0.05, 0) is 48.8 Å². The summed E-state index contributed by atoms with van der Waals surface area (Å²) in [5, 5.41) is 0.843. The Labute approximate surface area is 144 Å². The van der Waals surface area contributed by atoms with Crippen LogP contribution < -0.4 is 10.5 Å². The molecule has 0 fully saturated rings. The van der Waals surface area contributed by atoms with Crippen molar-refractivity contribution in [2.24, 2.45) is 0 Å². The second-order valence-electron chi connectivity index (χ2n) is 6.72. The van der Waals surface area contributed by atoms with E-state index in [1.54, 1.807) is 11.3 Å². The van der Waals surface area contributed by atoms with Gasteiger partial charge in [-0.3, -0.25) is 9.78 Å². The molecular formula is C19H19N3OS. The van der Waals surface area contributed by atoms with Crippen molar-refractivity contribution in [3.05, 3.63) is 56.2 Å². The van der Waals surface area contributed by atoms with Gasteiger partial charge in [0, 0.05) is 18.0 Å². The van der Waals surface area contributed by atoms with E-state index < -0.39 is 0 Å². The van der Waals surface area contributed by atoms with Crippen LogP contribution in [0.1, 0.15) is 34.4 Å². The maximum Gasteiger partial charge on any atom is 0.261 e. The molecule has 5 rings (SSSR count). The number of aromatic amines is 1. The highest BCUT2D eigenvalue weighted by molar-refractivity contribution is 7.18. The lowest BCUT2D eigenvalue weighted by atomic mass is 9.97. The van der Waals surface area contributed by atoms with Gasteiger partial charge < -0.3 is 4.90 Å². The van der Waals surface area contributed by atoms with Gasteiger partial charge >= 0.3 is 0 Å². The number of benzene rings is 1. The van der Waals surface area contributed by atoms with Crippen LogP contribution in [0.5, 0.6) is 0 Å². The van der Waals surface area contributed by atoms with E-state index in [1.165, 1.54) is 34.4 Å². The van der Waals surface area contributed by atoms with Crippen LogP contribution in [-0.4, -0.2) is 16.5 Å². The normalized spacial score (nSPS) is 16.9. The number of anilines is 1. The first-order valence-electron chi connectivity index (χ1n) is 8.66. The fraction of sp³-hybridized carbons (Fsp3) is 0.368. The minimum absolute atomic E-state index is 0.0354. The lowest BCUT2D eigenvalue weighted by Crippen LogP contribution is -2.33. The minimum Gasteiger partial charge on any atom is -0.338 e. The van der Waals surface area contributed by atoms with Crippen LogP contribution >= 0.6 is 11.3 Å². The number of nitrogens with zero attached hydrogens (tertiary/aromatic N) is 2. The summed E-state index contributed by atoms with van der Waals surface area (Å²) in [5.74, 6) is 0.723. The number of rotatable bonds is 1. The third-order valence-corrected chi connectivity index (χ3v) is 6.43. The molecule has 0 saturated carbocycles. The summed E-state index contributed by atoms with van der Waals surface area (Å²) in [6, 6.07) is 8.53. The number of hydrogen-bond acceptors (Lipinski definition) is 4. The van der Waals surface area contributed by atoms with Crippen LogP contribution in [0, 0.1) is 0 Å². The molecule has 1 aliphatic heterocycles. The van der Waals surface area contributed by atoms with E-state index in [4.69, 9.17) is 4.98 Å². The molecular weight excluding hydrogens is 318 g/mol. The van der Waals surface area contributed by atoms with Gasteiger partial charge in [-0.15, -0.1) is 11.3 Å². The molecule has 1 aliphatic carbocycles. The predicted octanol–water partition coefficient (Wildman–Crippen LogP) is 3.43. The molecule has 2 aromatic heterocycles. The smallest absolute Gasteiger partial charge is 0.261 e. The molecule has 122 valence electrons. The van der Waals surface area contributed by atoms with E-state index in [-0.39, 0.29) is 5.56 Å². The summed E-state index contributed by atoms with van der Waals surface area (Å²) in [7, 11) is 0. The van der Waals surface area contributed by atoms with Crippen LogP contribution in [0.4, 0.5) is 5.95 Å². The molecule has 3 aromatic rings. The molecule has 4 nitrogen and oxygen atoms in total. The molecule has 0 radical (unpaired) electrons. The summed E-state index contributed by atoms with van der Waals surface area (Å²) < 4.78 is 0. The Morgan fingerprint density at radius 2 is 1.92 bits per heavy atom. The zero-order valence-electron chi connectivity index (χ0n) is 13.5. The zero-order valence-corrected chi connectivity index (χ0v) is 14.3. The van der Waals surface area contributed by atoms with Crippen molar-refractivity contribution in [2.75, 3.05) is 11.4 Å². The molecule has 5 heteroatoms. The fourth-order valence-electron chi connectivity index (χ4n) is 3.98. The number of hydrogen-bond donors (Lipinski definition) is 1. The van der Waals surface area contributed by atoms with Gasteiger partial charge in [0.05, 0.1) is 5.39 Å². The topological polar surface area (TPSA) is 49.0 Å². The molecule has 0 unspecified atom stereocenters. The number of aromatic nitrogens is 2. The first-order chi connectivity index (χ1) is 11.8. The van der Waals surface area contributed by atoms with Crippen molar-refractivity contribution in [2.45, 2.75) is 38.6 Å². The quantitative estimate of drug-likeness (QED) is 0.740. The molecule has 1 N–H and O–H groups in total. The number of H-pyrrole nitrogens is 1. The van der Waals surface area contributed by atoms with E-state index in [0.717, 1.165) is 48.5 Å². The maximum atomic E-state index is 12.7. The highest BCUT2D eigenvalue weighted by atomic mass is 32.1. The van der Waals surface area contributed by atoms with Crippen LogP contribution in [0.2, 0.25) is 0 Å². The number of thiophene rings is 1. The Bertz CT molecular complexity index is 988. The Morgan fingerprint density at radius 1 is 1.08 bits per heavy atom. The van der Waals surface area contributed by atoms with Crippen molar-refractivity contribution < 1.29 is 0 Å². The molecule has 0 atom stereocenters. The second kappa shape index (κ2) is 5.45. The number of fused-ring (bicyclic) bond motifs is 4. The first-order valence-corrected chi connectivity index (χ1v) is 9.47. The van der Waals surface area contributed by atoms with E-state index in [9.17, 15) is 4.79 Å². The van der Waals surface area contributed by atoms with Crippen molar-refractivity contribution in [3.8, 4) is 0 Å². The molecule has 0 amide bonds. The molecule has 24 heavy (non-hydrogen) atoms.